The molecule has 0 fully saturated rings. The zero-order valence-corrected chi connectivity index (χ0v) is 21.7. The van der Waals surface area contributed by atoms with Crippen molar-refractivity contribution >= 4 is 17.5 Å². The second-order valence-electron chi connectivity index (χ2n) is 9.12. The van der Waals surface area contributed by atoms with E-state index in [-0.39, 0.29) is 5.91 Å². The first-order chi connectivity index (χ1) is 17.4. The Bertz CT molecular complexity index is 1260. The third kappa shape index (κ3) is 5.22. The van der Waals surface area contributed by atoms with Crippen LogP contribution in [0, 0.1) is 13.8 Å². The first-order valence-electron chi connectivity index (χ1n) is 12.5. The second kappa shape index (κ2) is 11.3. The Morgan fingerprint density at radius 1 is 1.11 bits per heavy atom. The molecule has 1 aliphatic heterocycles. The molecule has 36 heavy (non-hydrogen) atoms. The molecule has 2 heterocycles. The molecule has 2 N–H and O–H groups in total. The summed E-state index contributed by atoms with van der Waals surface area (Å²) in [6, 6.07) is 11.2. The highest BCUT2D eigenvalue weighted by Gasteiger charge is 2.34. The van der Waals surface area contributed by atoms with Crippen LogP contribution in [0.1, 0.15) is 62.3 Å². The van der Waals surface area contributed by atoms with E-state index in [1.54, 1.807) is 11.8 Å². The molecule has 8 nitrogen and oxygen atoms in total. The van der Waals surface area contributed by atoms with Crippen LogP contribution < -0.4 is 20.1 Å². The molecule has 1 aliphatic rings. The molecule has 0 bridgehead atoms. The number of benzene rings is 2. The van der Waals surface area contributed by atoms with Crippen molar-refractivity contribution in [2.24, 2.45) is 0 Å². The maximum atomic E-state index is 13.7. The molecule has 4 rings (SSSR count). The lowest BCUT2D eigenvalue weighted by Crippen LogP contribution is -2.31. The van der Waals surface area contributed by atoms with Gasteiger partial charge in [0.25, 0.3) is 5.91 Å². The maximum Gasteiger partial charge on any atom is 0.255 e. The summed E-state index contributed by atoms with van der Waals surface area (Å²) < 4.78 is 13.4. The Hall–Kier alpha value is -3.81. The molecule has 1 aromatic heterocycles. The fraction of sp³-hybridized carbons (Fsp3) is 0.393. The van der Waals surface area contributed by atoms with Crippen molar-refractivity contribution in [3.8, 4) is 11.5 Å². The Morgan fingerprint density at radius 2 is 1.94 bits per heavy atom. The molecule has 0 saturated carbocycles. The second-order valence-corrected chi connectivity index (χ2v) is 9.12. The number of methoxy groups -OCH3 is 1. The number of carbonyl (C=O) groups is 1. The molecule has 0 saturated heterocycles. The molecule has 8 heteroatoms. The zero-order valence-electron chi connectivity index (χ0n) is 21.7. The van der Waals surface area contributed by atoms with Gasteiger partial charge in [-0.05, 0) is 62.1 Å². The van der Waals surface area contributed by atoms with Crippen LogP contribution >= 0.6 is 0 Å². The lowest BCUT2D eigenvalue weighted by atomic mass is 9.94. The van der Waals surface area contributed by atoms with Gasteiger partial charge in [-0.25, -0.2) is 4.68 Å². The molecule has 0 aliphatic carbocycles. The van der Waals surface area contributed by atoms with Crippen LogP contribution in [0.25, 0.3) is 0 Å². The SMILES string of the molecule is CCCCCCOc1ccc(C2C(C(=O)Nc3cccc(C)c3C)=C(C)Nc3ncnn32)cc1OC. The number of nitrogens with one attached hydrogen (secondary N) is 2. The van der Waals surface area contributed by atoms with Gasteiger partial charge in [0.15, 0.2) is 11.5 Å². The number of aromatic nitrogens is 3. The molecule has 0 radical (unpaired) electrons. The Balaban J connectivity index is 1.66. The Kier molecular flexibility index (Phi) is 7.93. The average Bonchev–Trinajstić information content (AvgIpc) is 3.34. The largest absolute Gasteiger partial charge is 0.493 e. The summed E-state index contributed by atoms with van der Waals surface area (Å²) in [7, 11) is 1.63. The van der Waals surface area contributed by atoms with Crippen LogP contribution in [0.2, 0.25) is 0 Å². The summed E-state index contributed by atoms with van der Waals surface area (Å²) in [5, 5.41) is 10.8. The number of rotatable bonds is 10. The van der Waals surface area contributed by atoms with Crippen LogP contribution in [0.3, 0.4) is 0 Å². The van der Waals surface area contributed by atoms with E-state index < -0.39 is 6.04 Å². The van der Waals surface area contributed by atoms with Gasteiger partial charge in [-0.15, -0.1) is 0 Å². The van der Waals surface area contributed by atoms with Gasteiger partial charge in [-0.1, -0.05) is 44.4 Å². The summed E-state index contributed by atoms with van der Waals surface area (Å²) in [6.45, 7) is 8.75. The number of hydrogen-bond donors (Lipinski definition) is 2. The summed E-state index contributed by atoms with van der Waals surface area (Å²) in [4.78, 5) is 18.0. The van der Waals surface area contributed by atoms with E-state index >= 15 is 0 Å². The lowest BCUT2D eigenvalue weighted by molar-refractivity contribution is -0.113. The number of amides is 1. The summed E-state index contributed by atoms with van der Waals surface area (Å²) in [5.41, 5.74) is 5.07. The number of hydrogen-bond acceptors (Lipinski definition) is 6. The van der Waals surface area contributed by atoms with Gasteiger partial charge in [-0.3, -0.25) is 4.79 Å². The van der Waals surface area contributed by atoms with Crippen molar-refractivity contribution in [2.75, 3.05) is 24.4 Å². The van der Waals surface area contributed by atoms with E-state index in [1.807, 2.05) is 57.2 Å². The number of fused-ring (bicyclic) bond motifs is 1. The Labute approximate surface area is 212 Å². The predicted octanol–water partition coefficient (Wildman–Crippen LogP) is 5.79. The van der Waals surface area contributed by atoms with Gasteiger partial charge in [0.05, 0.1) is 19.3 Å². The smallest absolute Gasteiger partial charge is 0.255 e. The topological polar surface area (TPSA) is 90.3 Å². The monoisotopic (exact) mass is 489 g/mol. The number of anilines is 2. The number of nitrogens with zero attached hydrogens (tertiary/aromatic N) is 3. The van der Waals surface area contributed by atoms with Crippen LogP contribution in [-0.2, 0) is 4.79 Å². The van der Waals surface area contributed by atoms with Crippen molar-refractivity contribution < 1.29 is 14.3 Å². The Morgan fingerprint density at radius 3 is 2.72 bits per heavy atom. The molecule has 2 aromatic carbocycles. The molecular formula is C28H35N5O3. The van der Waals surface area contributed by atoms with Gasteiger partial charge in [0.2, 0.25) is 5.95 Å². The minimum absolute atomic E-state index is 0.199. The normalized spacial score (nSPS) is 14.8. The van der Waals surface area contributed by atoms with Crippen molar-refractivity contribution in [1.82, 2.24) is 14.8 Å². The number of unbranched alkanes of at least 4 members (excludes halogenated alkanes) is 3. The highest BCUT2D eigenvalue weighted by molar-refractivity contribution is 6.06. The van der Waals surface area contributed by atoms with Crippen molar-refractivity contribution in [1.29, 1.82) is 0 Å². The van der Waals surface area contributed by atoms with E-state index in [2.05, 4.69) is 27.6 Å². The molecule has 3 aromatic rings. The van der Waals surface area contributed by atoms with E-state index in [1.165, 1.54) is 19.2 Å². The van der Waals surface area contributed by atoms with Crippen molar-refractivity contribution in [3.05, 3.63) is 70.7 Å². The van der Waals surface area contributed by atoms with E-state index in [9.17, 15) is 4.79 Å². The fourth-order valence-corrected chi connectivity index (χ4v) is 4.45. The van der Waals surface area contributed by atoms with Gasteiger partial charge in [0.1, 0.15) is 12.4 Å². The van der Waals surface area contributed by atoms with Gasteiger partial charge >= 0.3 is 0 Å². The quantitative estimate of drug-likeness (QED) is 0.350. The van der Waals surface area contributed by atoms with Crippen molar-refractivity contribution in [2.45, 2.75) is 59.4 Å². The highest BCUT2D eigenvalue weighted by Crippen LogP contribution is 2.39. The third-order valence-electron chi connectivity index (χ3n) is 6.65. The number of ether oxygens (including phenoxy) is 2. The molecule has 1 atom stereocenters. The van der Waals surface area contributed by atoms with Crippen molar-refractivity contribution in [3.63, 3.8) is 0 Å². The van der Waals surface area contributed by atoms with Crippen LogP contribution in [0.4, 0.5) is 11.6 Å². The predicted molar refractivity (Wildman–Crippen MR) is 142 cm³/mol. The van der Waals surface area contributed by atoms with E-state index in [4.69, 9.17) is 9.47 Å². The highest BCUT2D eigenvalue weighted by atomic mass is 16.5. The minimum Gasteiger partial charge on any atom is -0.493 e. The summed E-state index contributed by atoms with van der Waals surface area (Å²) >= 11 is 0. The van der Waals surface area contributed by atoms with Gasteiger partial charge < -0.3 is 20.1 Å². The first-order valence-corrected chi connectivity index (χ1v) is 12.5. The lowest BCUT2D eigenvalue weighted by Gasteiger charge is -2.29. The standard InChI is InChI=1S/C28H35N5O3/c1-6-7-8-9-15-36-23-14-13-21(16-24(23)35-5)26-25(20(4)31-28-29-17-30-33(26)28)27(34)32-22-12-10-11-18(2)19(22)3/h10-14,16-17,26H,6-9,15H2,1-5H3,(H,32,34)(H,29,30,31). The zero-order chi connectivity index (χ0) is 25.7. The molecule has 1 amide bonds. The van der Waals surface area contributed by atoms with Gasteiger partial charge in [-0.2, -0.15) is 10.1 Å². The van der Waals surface area contributed by atoms with E-state index in [0.29, 0.717) is 29.6 Å². The maximum absolute atomic E-state index is 13.7. The molecular weight excluding hydrogens is 454 g/mol. The van der Waals surface area contributed by atoms with E-state index in [0.717, 1.165) is 40.9 Å². The summed E-state index contributed by atoms with van der Waals surface area (Å²) in [6.07, 6.45) is 6.02. The first kappa shape index (κ1) is 25.3. The van der Waals surface area contributed by atoms with Crippen LogP contribution in [0.5, 0.6) is 11.5 Å². The molecule has 190 valence electrons. The third-order valence-corrected chi connectivity index (χ3v) is 6.65. The van der Waals surface area contributed by atoms with Crippen LogP contribution in [-0.4, -0.2) is 34.4 Å². The number of allylic oxidation sites excluding steroid dienone is 1. The average molecular weight is 490 g/mol. The molecule has 0 spiro atoms. The number of carbonyl (C=O) groups excluding carboxylic acids is 1. The summed E-state index contributed by atoms with van der Waals surface area (Å²) in [5.74, 6) is 1.69. The number of aryl methyl sites for hydroxylation is 1. The minimum atomic E-state index is -0.485. The van der Waals surface area contributed by atoms with Gasteiger partial charge in [0, 0.05) is 11.4 Å². The fourth-order valence-electron chi connectivity index (χ4n) is 4.45. The van der Waals surface area contributed by atoms with Crippen LogP contribution in [0.15, 0.2) is 54.0 Å². The molecule has 1 unspecified atom stereocenters.